The van der Waals surface area contributed by atoms with E-state index in [2.05, 4.69) is 10.6 Å². The number of alkyl halides is 3. The molecular weight excluding hydrogens is 383 g/mol. The number of urea groups is 1. The largest absolute Gasteiger partial charge is 0.416 e. The van der Waals surface area contributed by atoms with Crippen molar-refractivity contribution in [2.75, 3.05) is 18.4 Å². The van der Waals surface area contributed by atoms with Crippen LogP contribution in [0.4, 0.5) is 23.7 Å². The smallest absolute Gasteiger partial charge is 0.338 e. The summed E-state index contributed by atoms with van der Waals surface area (Å²) in [6.07, 6.45) is -3.27. The monoisotopic (exact) mass is 405 g/mol. The number of nitrogens with zero attached hydrogens (tertiary/aromatic N) is 1. The van der Waals surface area contributed by atoms with E-state index in [-0.39, 0.29) is 11.9 Å². The number of carbonyl (C=O) groups is 2. The summed E-state index contributed by atoms with van der Waals surface area (Å²) >= 11 is 0. The van der Waals surface area contributed by atoms with Gasteiger partial charge >= 0.3 is 12.2 Å². The molecule has 1 heterocycles. The topological polar surface area (TPSA) is 61.4 Å². The second-order valence-electron chi connectivity index (χ2n) is 6.97. The van der Waals surface area contributed by atoms with Crippen molar-refractivity contribution in [2.24, 2.45) is 0 Å². The van der Waals surface area contributed by atoms with Crippen molar-refractivity contribution in [2.45, 2.75) is 32.5 Å². The summed E-state index contributed by atoms with van der Waals surface area (Å²) in [7, 11) is 0. The highest BCUT2D eigenvalue weighted by Crippen LogP contribution is 2.29. The Kier molecular flexibility index (Phi) is 6.10. The van der Waals surface area contributed by atoms with Crippen molar-refractivity contribution < 1.29 is 22.8 Å². The molecule has 0 saturated heterocycles. The predicted octanol–water partition coefficient (Wildman–Crippen LogP) is 3.97. The Morgan fingerprint density at radius 3 is 2.48 bits per heavy atom. The van der Waals surface area contributed by atoms with Gasteiger partial charge < -0.3 is 15.5 Å². The van der Waals surface area contributed by atoms with E-state index in [0.717, 1.165) is 34.5 Å². The first-order chi connectivity index (χ1) is 13.7. The molecule has 154 valence electrons. The Morgan fingerprint density at radius 1 is 1.10 bits per heavy atom. The van der Waals surface area contributed by atoms with E-state index in [1.807, 2.05) is 18.2 Å². The Labute approximate surface area is 166 Å². The van der Waals surface area contributed by atoms with Crippen molar-refractivity contribution in [1.82, 2.24) is 10.2 Å². The highest BCUT2D eigenvalue weighted by atomic mass is 19.4. The third-order valence-corrected chi connectivity index (χ3v) is 4.84. The molecule has 1 aliphatic rings. The van der Waals surface area contributed by atoms with Crippen LogP contribution in [-0.2, 0) is 30.4 Å². The molecule has 3 rings (SSSR count). The van der Waals surface area contributed by atoms with Crippen molar-refractivity contribution in [1.29, 1.82) is 0 Å². The Balaban J connectivity index is 1.53. The number of hydrogen-bond donors (Lipinski definition) is 2. The Hall–Kier alpha value is -3.03. The van der Waals surface area contributed by atoms with E-state index >= 15 is 0 Å². The third kappa shape index (κ3) is 5.28. The van der Waals surface area contributed by atoms with E-state index in [1.54, 1.807) is 4.90 Å². The van der Waals surface area contributed by atoms with Crippen LogP contribution >= 0.6 is 0 Å². The highest BCUT2D eigenvalue weighted by molar-refractivity contribution is 5.90. The number of benzene rings is 2. The van der Waals surface area contributed by atoms with Gasteiger partial charge in [0.1, 0.15) is 0 Å². The molecule has 0 radical (unpaired) electrons. The molecule has 0 aliphatic carbocycles. The molecule has 8 heteroatoms. The fourth-order valence-corrected chi connectivity index (χ4v) is 3.38. The fourth-order valence-electron chi connectivity index (χ4n) is 3.38. The quantitative estimate of drug-likeness (QED) is 0.809. The molecule has 0 spiro atoms. The van der Waals surface area contributed by atoms with Crippen molar-refractivity contribution >= 4 is 17.6 Å². The van der Waals surface area contributed by atoms with Gasteiger partial charge in [0.2, 0.25) is 5.91 Å². The van der Waals surface area contributed by atoms with E-state index in [9.17, 15) is 22.8 Å². The van der Waals surface area contributed by atoms with Crippen LogP contribution in [0.2, 0.25) is 0 Å². The lowest BCUT2D eigenvalue weighted by molar-refractivity contribution is -0.137. The summed E-state index contributed by atoms with van der Waals surface area (Å²) in [6.45, 7) is 2.75. The molecule has 29 heavy (non-hydrogen) atoms. The van der Waals surface area contributed by atoms with Crippen LogP contribution in [0, 0.1) is 0 Å². The third-order valence-electron chi connectivity index (χ3n) is 4.84. The first-order valence-corrected chi connectivity index (χ1v) is 9.31. The van der Waals surface area contributed by atoms with Gasteiger partial charge in [-0.25, -0.2) is 4.79 Å². The second-order valence-corrected chi connectivity index (χ2v) is 6.97. The van der Waals surface area contributed by atoms with Gasteiger partial charge in [0.15, 0.2) is 0 Å². The molecule has 0 fully saturated rings. The number of hydrogen-bond acceptors (Lipinski definition) is 2. The Bertz CT molecular complexity index is 895. The molecule has 5 nitrogen and oxygen atoms in total. The summed E-state index contributed by atoms with van der Waals surface area (Å²) in [4.78, 5) is 25.5. The van der Waals surface area contributed by atoms with E-state index in [0.29, 0.717) is 32.5 Å². The van der Waals surface area contributed by atoms with Crippen molar-refractivity contribution in [3.05, 3.63) is 64.7 Å². The number of halogens is 3. The molecule has 0 atom stereocenters. The average molecular weight is 405 g/mol. The standard InChI is InChI=1S/C21H22F3N3O2/c1-14(28)26-19-4-2-3-16-13-27(12-10-18(16)19)20(29)25-11-9-15-5-7-17(8-6-15)21(22,23)24/h2-8H,9-13H2,1H3,(H,25,29)(H,26,28). The molecule has 0 aromatic heterocycles. The van der Waals surface area contributed by atoms with Gasteiger partial charge in [0.05, 0.1) is 5.56 Å². The van der Waals surface area contributed by atoms with Crippen LogP contribution in [-0.4, -0.2) is 29.9 Å². The van der Waals surface area contributed by atoms with Gasteiger partial charge in [0, 0.05) is 32.2 Å². The maximum absolute atomic E-state index is 12.6. The van der Waals surface area contributed by atoms with Crippen LogP contribution in [0.1, 0.15) is 29.2 Å². The number of carbonyl (C=O) groups excluding carboxylic acids is 2. The molecule has 2 aromatic carbocycles. The zero-order valence-electron chi connectivity index (χ0n) is 16.0. The summed E-state index contributed by atoms with van der Waals surface area (Å²) < 4.78 is 37.8. The summed E-state index contributed by atoms with van der Waals surface area (Å²) in [5, 5.41) is 5.63. The lowest BCUT2D eigenvalue weighted by atomic mass is 9.98. The lowest BCUT2D eigenvalue weighted by Crippen LogP contribution is -2.43. The van der Waals surface area contributed by atoms with Gasteiger partial charge in [0.25, 0.3) is 0 Å². The summed E-state index contributed by atoms with van der Waals surface area (Å²) in [6, 6.07) is 10.4. The van der Waals surface area contributed by atoms with Gasteiger partial charge in [-0.2, -0.15) is 13.2 Å². The number of fused-ring (bicyclic) bond motifs is 1. The normalized spacial score (nSPS) is 13.6. The number of nitrogens with one attached hydrogen (secondary N) is 2. The average Bonchev–Trinajstić information content (AvgIpc) is 2.67. The van der Waals surface area contributed by atoms with Gasteiger partial charge in [-0.1, -0.05) is 24.3 Å². The first-order valence-electron chi connectivity index (χ1n) is 9.31. The maximum atomic E-state index is 12.6. The summed E-state index contributed by atoms with van der Waals surface area (Å²) in [5.41, 5.74) is 2.84. The molecule has 2 aromatic rings. The van der Waals surface area contributed by atoms with Crippen LogP contribution in [0.5, 0.6) is 0 Å². The molecular formula is C21H22F3N3O2. The van der Waals surface area contributed by atoms with Crippen molar-refractivity contribution in [3.63, 3.8) is 0 Å². The molecule has 0 saturated carbocycles. The first kappa shape index (κ1) is 20.7. The predicted molar refractivity (Wildman–Crippen MR) is 103 cm³/mol. The van der Waals surface area contributed by atoms with Crippen LogP contribution in [0.15, 0.2) is 42.5 Å². The summed E-state index contributed by atoms with van der Waals surface area (Å²) in [5.74, 6) is -0.137. The van der Waals surface area contributed by atoms with Crippen molar-refractivity contribution in [3.8, 4) is 0 Å². The zero-order chi connectivity index (χ0) is 21.0. The van der Waals surface area contributed by atoms with Gasteiger partial charge in [-0.15, -0.1) is 0 Å². The fraction of sp³-hybridized carbons (Fsp3) is 0.333. The molecule has 2 N–H and O–H groups in total. The number of amides is 3. The molecule has 1 aliphatic heterocycles. The molecule has 0 bridgehead atoms. The minimum Gasteiger partial charge on any atom is -0.338 e. The number of anilines is 1. The van der Waals surface area contributed by atoms with Gasteiger partial charge in [-0.3, -0.25) is 4.79 Å². The van der Waals surface area contributed by atoms with Crippen LogP contribution < -0.4 is 10.6 Å². The SMILES string of the molecule is CC(=O)Nc1cccc2c1CCN(C(=O)NCCc1ccc(C(F)(F)F)cc1)C2. The number of rotatable bonds is 4. The molecule has 3 amide bonds. The second kappa shape index (κ2) is 8.55. The minimum atomic E-state index is -4.35. The lowest BCUT2D eigenvalue weighted by Gasteiger charge is -2.30. The zero-order valence-corrected chi connectivity index (χ0v) is 16.0. The molecule has 0 unspecified atom stereocenters. The minimum absolute atomic E-state index is 0.137. The van der Waals surface area contributed by atoms with Crippen LogP contribution in [0.3, 0.4) is 0 Å². The van der Waals surface area contributed by atoms with E-state index < -0.39 is 11.7 Å². The highest BCUT2D eigenvalue weighted by Gasteiger charge is 2.30. The van der Waals surface area contributed by atoms with Gasteiger partial charge in [-0.05, 0) is 47.7 Å². The maximum Gasteiger partial charge on any atom is 0.416 e. The Morgan fingerprint density at radius 2 is 1.83 bits per heavy atom. The van der Waals surface area contributed by atoms with E-state index in [4.69, 9.17) is 0 Å². The van der Waals surface area contributed by atoms with E-state index in [1.165, 1.54) is 19.1 Å². The van der Waals surface area contributed by atoms with Crippen LogP contribution in [0.25, 0.3) is 0 Å².